The number of aromatic nitrogens is 1. The van der Waals surface area contributed by atoms with Gasteiger partial charge in [0.05, 0.1) is 5.69 Å². The molecule has 16 heavy (non-hydrogen) atoms. The Bertz CT molecular complexity index is 509. The van der Waals surface area contributed by atoms with E-state index in [2.05, 4.69) is 4.98 Å². The van der Waals surface area contributed by atoms with Crippen molar-refractivity contribution in [3.8, 4) is 11.3 Å². The van der Waals surface area contributed by atoms with Crippen molar-refractivity contribution in [3.63, 3.8) is 0 Å². The molecule has 82 valence electrons. The van der Waals surface area contributed by atoms with Crippen LogP contribution in [-0.4, -0.2) is 4.98 Å². The van der Waals surface area contributed by atoms with E-state index in [1.54, 1.807) is 6.07 Å². The highest BCUT2D eigenvalue weighted by atomic mass is 19.1. The monoisotopic (exact) mass is 216 g/mol. The molecule has 2 rings (SSSR count). The largest absolute Gasteiger partial charge is 0.398 e. The number of hydrogen-bond acceptors (Lipinski definition) is 2. The lowest BCUT2D eigenvalue weighted by atomic mass is 10.1. The van der Waals surface area contributed by atoms with Gasteiger partial charge < -0.3 is 5.73 Å². The molecule has 0 bridgehead atoms. The van der Waals surface area contributed by atoms with E-state index < -0.39 is 0 Å². The highest BCUT2D eigenvalue weighted by molar-refractivity contribution is 5.73. The minimum absolute atomic E-state index is 0.298. The van der Waals surface area contributed by atoms with Crippen molar-refractivity contribution in [2.45, 2.75) is 13.3 Å². The molecule has 0 aliphatic carbocycles. The average Bonchev–Trinajstić information content (AvgIpc) is 2.32. The van der Waals surface area contributed by atoms with Crippen LogP contribution in [-0.2, 0) is 6.42 Å². The van der Waals surface area contributed by atoms with E-state index in [1.807, 2.05) is 25.1 Å². The number of anilines is 1. The van der Waals surface area contributed by atoms with Crippen LogP contribution in [0.15, 0.2) is 36.4 Å². The smallest absolute Gasteiger partial charge is 0.124 e. The molecule has 1 aromatic heterocycles. The lowest BCUT2D eigenvalue weighted by Crippen LogP contribution is -1.95. The van der Waals surface area contributed by atoms with E-state index in [9.17, 15) is 4.39 Å². The van der Waals surface area contributed by atoms with Crippen molar-refractivity contribution >= 4 is 5.69 Å². The zero-order valence-electron chi connectivity index (χ0n) is 9.07. The number of nitrogen functional groups attached to an aromatic ring is 1. The molecule has 0 amide bonds. The number of nitrogens with zero attached hydrogens (tertiary/aromatic N) is 1. The summed E-state index contributed by atoms with van der Waals surface area (Å²) < 4.78 is 13.1. The fourth-order valence-corrected chi connectivity index (χ4v) is 1.58. The Morgan fingerprint density at radius 1 is 1.25 bits per heavy atom. The maximum atomic E-state index is 13.1. The van der Waals surface area contributed by atoms with Gasteiger partial charge in [0.15, 0.2) is 0 Å². The van der Waals surface area contributed by atoms with Crippen LogP contribution in [0.1, 0.15) is 12.6 Å². The molecule has 0 unspecified atom stereocenters. The zero-order valence-corrected chi connectivity index (χ0v) is 9.07. The number of halogens is 1. The van der Waals surface area contributed by atoms with Crippen molar-refractivity contribution < 1.29 is 4.39 Å². The molecule has 2 nitrogen and oxygen atoms in total. The lowest BCUT2D eigenvalue weighted by molar-refractivity contribution is 0.628. The molecule has 0 atom stereocenters. The first kappa shape index (κ1) is 10.6. The van der Waals surface area contributed by atoms with Gasteiger partial charge in [-0.1, -0.05) is 13.0 Å². The topological polar surface area (TPSA) is 38.9 Å². The second-order valence-electron chi connectivity index (χ2n) is 3.60. The fraction of sp³-hybridized carbons (Fsp3) is 0.154. The summed E-state index contributed by atoms with van der Waals surface area (Å²) in [5.41, 5.74) is 8.69. The molecule has 0 radical (unpaired) electrons. The van der Waals surface area contributed by atoms with Gasteiger partial charge in [0.1, 0.15) is 5.82 Å². The third kappa shape index (κ3) is 2.03. The highest BCUT2D eigenvalue weighted by Crippen LogP contribution is 2.25. The maximum absolute atomic E-state index is 13.1. The Balaban J connectivity index is 2.53. The van der Waals surface area contributed by atoms with Gasteiger partial charge in [-0.15, -0.1) is 0 Å². The molecule has 2 aromatic rings. The van der Waals surface area contributed by atoms with Gasteiger partial charge in [0.25, 0.3) is 0 Å². The van der Waals surface area contributed by atoms with Crippen LogP contribution in [0.2, 0.25) is 0 Å². The van der Waals surface area contributed by atoms with Crippen LogP contribution >= 0.6 is 0 Å². The summed E-state index contributed by atoms with van der Waals surface area (Å²) >= 11 is 0. The third-order valence-electron chi connectivity index (χ3n) is 2.46. The van der Waals surface area contributed by atoms with E-state index in [0.29, 0.717) is 11.3 Å². The molecule has 0 fully saturated rings. The van der Waals surface area contributed by atoms with Crippen LogP contribution in [0.3, 0.4) is 0 Å². The quantitative estimate of drug-likeness (QED) is 0.784. The van der Waals surface area contributed by atoms with E-state index in [-0.39, 0.29) is 5.82 Å². The van der Waals surface area contributed by atoms with Crippen LogP contribution in [0.5, 0.6) is 0 Å². The lowest BCUT2D eigenvalue weighted by Gasteiger charge is -2.06. The average molecular weight is 216 g/mol. The molecule has 0 saturated carbocycles. The number of hydrogen-bond donors (Lipinski definition) is 1. The summed E-state index contributed by atoms with van der Waals surface area (Å²) in [6, 6.07) is 10.0. The molecule has 2 N–H and O–H groups in total. The Hall–Kier alpha value is -1.90. The van der Waals surface area contributed by atoms with Crippen LogP contribution in [0.4, 0.5) is 10.1 Å². The minimum Gasteiger partial charge on any atom is -0.398 e. The normalized spacial score (nSPS) is 10.4. The SMILES string of the molecule is CCc1cccc(-c2cc(F)ccc2N)n1. The molecule has 1 aromatic carbocycles. The summed E-state index contributed by atoms with van der Waals surface area (Å²) in [4.78, 5) is 4.42. The second-order valence-corrected chi connectivity index (χ2v) is 3.60. The van der Waals surface area contributed by atoms with Crippen molar-refractivity contribution in [2.75, 3.05) is 5.73 Å². The Kier molecular flexibility index (Phi) is 2.86. The first-order valence-electron chi connectivity index (χ1n) is 5.22. The Morgan fingerprint density at radius 2 is 2.06 bits per heavy atom. The number of pyridine rings is 1. The van der Waals surface area contributed by atoms with Crippen molar-refractivity contribution in [3.05, 3.63) is 47.9 Å². The minimum atomic E-state index is -0.298. The van der Waals surface area contributed by atoms with Gasteiger partial charge in [-0.25, -0.2) is 4.39 Å². The van der Waals surface area contributed by atoms with Crippen molar-refractivity contribution in [2.24, 2.45) is 0 Å². The van der Waals surface area contributed by atoms with E-state index in [0.717, 1.165) is 17.8 Å². The van der Waals surface area contributed by atoms with E-state index in [4.69, 9.17) is 5.73 Å². The second kappa shape index (κ2) is 4.31. The molecular formula is C13H13FN2. The van der Waals surface area contributed by atoms with Gasteiger partial charge in [-0.05, 0) is 36.8 Å². The predicted molar refractivity (Wildman–Crippen MR) is 63.4 cm³/mol. The van der Waals surface area contributed by atoms with Gasteiger partial charge >= 0.3 is 0 Å². The van der Waals surface area contributed by atoms with Crippen LogP contribution < -0.4 is 5.73 Å². The molecule has 0 spiro atoms. The zero-order chi connectivity index (χ0) is 11.5. The first-order chi connectivity index (χ1) is 7.70. The molecule has 0 aliphatic rings. The van der Waals surface area contributed by atoms with Crippen molar-refractivity contribution in [1.29, 1.82) is 0 Å². The number of rotatable bonds is 2. The van der Waals surface area contributed by atoms with Gasteiger partial charge in [0.2, 0.25) is 0 Å². The highest BCUT2D eigenvalue weighted by Gasteiger charge is 2.05. The number of nitrogens with two attached hydrogens (primary N) is 1. The fourth-order valence-electron chi connectivity index (χ4n) is 1.58. The van der Waals surface area contributed by atoms with Gasteiger partial charge in [-0.3, -0.25) is 4.98 Å². The summed E-state index contributed by atoms with van der Waals surface area (Å²) in [7, 11) is 0. The molecule has 0 aliphatic heterocycles. The molecule has 1 heterocycles. The Labute approximate surface area is 93.9 Å². The predicted octanol–water partition coefficient (Wildman–Crippen LogP) is 3.03. The standard InChI is InChI=1S/C13H13FN2/c1-2-10-4-3-5-13(16-10)11-8-9(14)6-7-12(11)15/h3-8H,2,15H2,1H3. The molecular weight excluding hydrogens is 203 g/mol. The first-order valence-corrected chi connectivity index (χ1v) is 5.22. The van der Waals surface area contributed by atoms with E-state index in [1.165, 1.54) is 12.1 Å². The third-order valence-corrected chi connectivity index (χ3v) is 2.46. The van der Waals surface area contributed by atoms with E-state index >= 15 is 0 Å². The van der Waals surface area contributed by atoms with Gasteiger partial charge in [0, 0.05) is 16.9 Å². The van der Waals surface area contributed by atoms with Crippen LogP contribution in [0.25, 0.3) is 11.3 Å². The summed E-state index contributed by atoms with van der Waals surface area (Å²) in [6.45, 7) is 2.03. The van der Waals surface area contributed by atoms with Gasteiger partial charge in [-0.2, -0.15) is 0 Å². The molecule has 0 saturated heterocycles. The summed E-state index contributed by atoms with van der Waals surface area (Å²) in [5, 5.41) is 0. The van der Waals surface area contributed by atoms with Crippen LogP contribution in [0, 0.1) is 5.82 Å². The number of aryl methyl sites for hydroxylation is 1. The number of benzene rings is 1. The summed E-state index contributed by atoms with van der Waals surface area (Å²) in [6.07, 6.45) is 0.850. The maximum Gasteiger partial charge on any atom is 0.124 e. The summed E-state index contributed by atoms with van der Waals surface area (Å²) in [5.74, 6) is -0.298. The van der Waals surface area contributed by atoms with Crippen molar-refractivity contribution in [1.82, 2.24) is 4.98 Å². The Morgan fingerprint density at radius 3 is 2.81 bits per heavy atom. The molecule has 3 heteroatoms.